The molecule has 1 atom stereocenters. The van der Waals surface area contributed by atoms with E-state index in [1.807, 2.05) is 0 Å². The van der Waals surface area contributed by atoms with Crippen LogP contribution >= 0.6 is 0 Å². The molecule has 108 valence electrons. The van der Waals surface area contributed by atoms with Gasteiger partial charge in [-0.1, -0.05) is 18.2 Å². The van der Waals surface area contributed by atoms with Crippen LogP contribution < -0.4 is 11.3 Å². The Hall–Kier alpha value is -1.79. The average molecular weight is 284 g/mol. The normalized spacial score (nSPS) is 13.4. The number of aryl methyl sites for hydroxylation is 1. The number of nitrogens with two attached hydrogens (primary N) is 1. The SMILES string of the molecule is NNC(CCc1ccco1)c1ccccc1C(F)(F)F. The van der Waals surface area contributed by atoms with Gasteiger partial charge in [-0.3, -0.25) is 11.3 Å². The van der Waals surface area contributed by atoms with Crippen molar-refractivity contribution in [3.63, 3.8) is 0 Å². The van der Waals surface area contributed by atoms with Crippen molar-refractivity contribution < 1.29 is 17.6 Å². The van der Waals surface area contributed by atoms with Gasteiger partial charge in [0, 0.05) is 12.5 Å². The fourth-order valence-corrected chi connectivity index (χ4v) is 2.13. The number of benzene rings is 1. The quantitative estimate of drug-likeness (QED) is 0.653. The summed E-state index contributed by atoms with van der Waals surface area (Å²) in [6, 6.07) is 8.38. The molecule has 0 aliphatic carbocycles. The molecule has 1 unspecified atom stereocenters. The summed E-state index contributed by atoms with van der Waals surface area (Å²) < 4.78 is 44.1. The molecule has 1 heterocycles. The van der Waals surface area contributed by atoms with Gasteiger partial charge in [0.05, 0.1) is 11.8 Å². The number of hydrazine groups is 1. The Morgan fingerprint density at radius 3 is 2.50 bits per heavy atom. The molecule has 0 fully saturated rings. The highest BCUT2D eigenvalue weighted by atomic mass is 19.4. The average Bonchev–Trinajstić information content (AvgIpc) is 2.92. The highest BCUT2D eigenvalue weighted by Crippen LogP contribution is 2.35. The first-order valence-electron chi connectivity index (χ1n) is 6.17. The fraction of sp³-hybridized carbons (Fsp3) is 0.286. The second-order valence-corrected chi connectivity index (χ2v) is 4.42. The number of alkyl halides is 3. The van der Waals surface area contributed by atoms with Crippen molar-refractivity contribution in [1.29, 1.82) is 0 Å². The summed E-state index contributed by atoms with van der Waals surface area (Å²) in [5.41, 5.74) is 1.93. The van der Waals surface area contributed by atoms with Crippen LogP contribution in [0.25, 0.3) is 0 Å². The minimum absolute atomic E-state index is 0.147. The van der Waals surface area contributed by atoms with Crippen molar-refractivity contribution >= 4 is 0 Å². The van der Waals surface area contributed by atoms with Crippen molar-refractivity contribution in [3.8, 4) is 0 Å². The molecule has 1 aromatic carbocycles. The predicted octanol–water partition coefficient (Wildman–Crippen LogP) is 3.44. The number of furan rings is 1. The van der Waals surface area contributed by atoms with Gasteiger partial charge < -0.3 is 4.42 Å². The molecular weight excluding hydrogens is 269 g/mol. The minimum Gasteiger partial charge on any atom is -0.469 e. The van der Waals surface area contributed by atoms with Crippen LogP contribution in [0.5, 0.6) is 0 Å². The van der Waals surface area contributed by atoms with E-state index in [0.717, 1.165) is 11.8 Å². The third-order valence-corrected chi connectivity index (χ3v) is 3.10. The molecule has 6 heteroatoms. The number of hydrogen-bond acceptors (Lipinski definition) is 3. The van der Waals surface area contributed by atoms with Crippen LogP contribution in [0.3, 0.4) is 0 Å². The second-order valence-electron chi connectivity index (χ2n) is 4.42. The lowest BCUT2D eigenvalue weighted by Gasteiger charge is -2.20. The first kappa shape index (κ1) is 14.6. The molecule has 2 rings (SSSR count). The monoisotopic (exact) mass is 284 g/mol. The zero-order valence-electron chi connectivity index (χ0n) is 10.7. The van der Waals surface area contributed by atoms with E-state index in [-0.39, 0.29) is 5.56 Å². The standard InChI is InChI=1S/C14H15F3N2O/c15-14(16,17)12-6-2-1-5-11(12)13(19-18)8-7-10-4-3-9-20-10/h1-6,9,13,19H,7-8,18H2. The third kappa shape index (κ3) is 3.40. The summed E-state index contributed by atoms with van der Waals surface area (Å²) in [5, 5.41) is 0. The largest absolute Gasteiger partial charge is 0.469 e. The maximum Gasteiger partial charge on any atom is 0.416 e. The zero-order valence-corrected chi connectivity index (χ0v) is 10.7. The van der Waals surface area contributed by atoms with E-state index >= 15 is 0 Å². The van der Waals surface area contributed by atoms with Gasteiger partial charge in [-0.2, -0.15) is 13.2 Å². The maximum atomic E-state index is 13.0. The Kier molecular flexibility index (Phi) is 4.46. The molecule has 0 aliphatic rings. The number of nitrogens with one attached hydrogen (secondary N) is 1. The number of hydrogen-bond donors (Lipinski definition) is 2. The van der Waals surface area contributed by atoms with Crippen molar-refractivity contribution in [1.82, 2.24) is 5.43 Å². The Morgan fingerprint density at radius 2 is 1.90 bits per heavy atom. The topological polar surface area (TPSA) is 51.2 Å². The summed E-state index contributed by atoms with van der Waals surface area (Å²) in [4.78, 5) is 0. The zero-order chi connectivity index (χ0) is 14.6. The number of halogens is 3. The molecule has 0 spiro atoms. The van der Waals surface area contributed by atoms with E-state index in [2.05, 4.69) is 5.43 Å². The molecule has 3 nitrogen and oxygen atoms in total. The Morgan fingerprint density at radius 1 is 1.15 bits per heavy atom. The molecule has 0 aliphatic heterocycles. The van der Waals surface area contributed by atoms with Crippen molar-refractivity contribution in [2.45, 2.75) is 25.1 Å². The predicted molar refractivity (Wildman–Crippen MR) is 68.5 cm³/mol. The lowest BCUT2D eigenvalue weighted by Crippen LogP contribution is -2.30. The third-order valence-electron chi connectivity index (χ3n) is 3.10. The molecule has 20 heavy (non-hydrogen) atoms. The Balaban J connectivity index is 2.19. The van der Waals surface area contributed by atoms with E-state index in [9.17, 15) is 13.2 Å². The smallest absolute Gasteiger partial charge is 0.416 e. The van der Waals surface area contributed by atoms with E-state index in [0.29, 0.717) is 12.8 Å². The van der Waals surface area contributed by atoms with E-state index < -0.39 is 17.8 Å². The summed E-state index contributed by atoms with van der Waals surface area (Å²) in [5.74, 6) is 6.13. The molecule has 0 saturated carbocycles. The van der Waals surface area contributed by atoms with Gasteiger partial charge in [-0.15, -0.1) is 0 Å². The lowest BCUT2D eigenvalue weighted by atomic mass is 9.96. The molecule has 2 aromatic rings. The Bertz CT molecular complexity index is 538. The first-order valence-corrected chi connectivity index (χ1v) is 6.17. The second kappa shape index (κ2) is 6.11. The van der Waals surface area contributed by atoms with Gasteiger partial charge in [-0.25, -0.2) is 0 Å². The van der Waals surface area contributed by atoms with Crippen LogP contribution in [0.4, 0.5) is 13.2 Å². The highest BCUT2D eigenvalue weighted by Gasteiger charge is 2.34. The fourth-order valence-electron chi connectivity index (χ4n) is 2.13. The van der Waals surface area contributed by atoms with Gasteiger partial charge in [0.25, 0.3) is 0 Å². The number of rotatable bonds is 5. The Labute approximate surface area is 114 Å². The molecular formula is C14H15F3N2O. The van der Waals surface area contributed by atoms with E-state index in [1.54, 1.807) is 18.2 Å². The maximum absolute atomic E-state index is 13.0. The van der Waals surface area contributed by atoms with E-state index in [1.165, 1.54) is 18.4 Å². The summed E-state index contributed by atoms with van der Waals surface area (Å²) in [7, 11) is 0. The molecule has 0 amide bonds. The molecule has 0 saturated heterocycles. The molecule has 3 N–H and O–H groups in total. The van der Waals surface area contributed by atoms with Gasteiger partial charge in [0.1, 0.15) is 5.76 Å². The van der Waals surface area contributed by atoms with Crippen LogP contribution in [-0.4, -0.2) is 0 Å². The van der Waals surface area contributed by atoms with Crippen molar-refractivity contribution in [3.05, 3.63) is 59.5 Å². The van der Waals surface area contributed by atoms with Gasteiger partial charge >= 0.3 is 6.18 Å². The first-order chi connectivity index (χ1) is 9.52. The van der Waals surface area contributed by atoms with Crippen LogP contribution in [0.15, 0.2) is 47.1 Å². The van der Waals surface area contributed by atoms with E-state index in [4.69, 9.17) is 10.3 Å². The molecule has 1 aromatic heterocycles. The van der Waals surface area contributed by atoms with Crippen LogP contribution in [0.1, 0.15) is 29.3 Å². The highest BCUT2D eigenvalue weighted by molar-refractivity contribution is 5.32. The van der Waals surface area contributed by atoms with Gasteiger partial charge in [0.15, 0.2) is 0 Å². The van der Waals surface area contributed by atoms with Gasteiger partial charge in [0.2, 0.25) is 0 Å². The molecule has 0 bridgehead atoms. The summed E-state index contributed by atoms with van der Waals surface area (Å²) in [6.07, 6.45) is -1.94. The van der Waals surface area contributed by atoms with Gasteiger partial charge in [-0.05, 0) is 30.2 Å². The van der Waals surface area contributed by atoms with Crippen LogP contribution in [0.2, 0.25) is 0 Å². The molecule has 0 radical (unpaired) electrons. The van der Waals surface area contributed by atoms with Crippen molar-refractivity contribution in [2.75, 3.05) is 0 Å². The van der Waals surface area contributed by atoms with Crippen molar-refractivity contribution in [2.24, 2.45) is 5.84 Å². The van der Waals surface area contributed by atoms with Crippen LogP contribution in [0, 0.1) is 0 Å². The lowest BCUT2D eigenvalue weighted by molar-refractivity contribution is -0.138. The van der Waals surface area contributed by atoms with Crippen LogP contribution in [-0.2, 0) is 12.6 Å². The summed E-state index contributed by atoms with van der Waals surface area (Å²) in [6.45, 7) is 0. The summed E-state index contributed by atoms with van der Waals surface area (Å²) >= 11 is 0. The minimum atomic E-state index is -4.39.